The number of methoxy groups -OCH3 is 1. The summed E-state index contributed by atoms with van der Waals surface area (Å²) < 4.78 is 85.0. The second-order valence-corrected chi connectivity index (χ2v) is 10.4. The predicted molar refractivity (Wildman–Crippen MR) is 129 cm³/mol. The maximum atomic E-state index is 14.3. The van der Waals surface area contributed by atoms with Crippen molar-refractivity contribution in [1.82, 2.24) is 4.98 Å². The van der Waals surface area contributed by atoms with Crippen molar-refractivity contribution in [3.63, 3.8) is 0 Å². The molecule has 0 spiro atoms. The maximum Gasteiger partial charge on any atom is 0.419 e. The number of sulfonamides is 1. The third-order valence-corrected chi connectivity index (χ3v) is 7.88. The third-order valence-electron chi connectivity index (χ3n) is 4.95. The highest BCUT2D eigenvalue weighted by Gasteiger charge is 2.34. The Morgan fingerprint density at radius 3 is 2.39 bits per heavy atom. The van der Waals surface area contributed by atoms with Gasteiger partial charge < -0.3 is 4.74 Å². The number of pyridine rings is 1. The van der Waals surface area contributed by atoms with E-state index in [1.54, 1.807) is 6.92 Å². The SMILES string of the molecule is CCCS(=O)(=O)N(C(=O)c1ccc(CSc2ncccc2C(F)(F)F)cc1)c1ccc(OC)c(F)c1. The Kier molecular flexibility index (Phi) is 8.62. The minimum atomic E-state index is -4.54. The van der Waals surface area contributed by atoms with E-state index in [0.717, 1.165) is 23.9 Å². The molecule has 1 aromatic heterocycles. The lowest BCUT2D eigenvalue weighted by molar-refractivity contribution is -0.140. The third kappa shape index (κ3) is 6.35. The molecule has 0 aliphatic rings. The molecule has 0 bridgehead atoms. The van der Waals surface area contributed by atoms with Crippen LogP contribution in [0.3, 0.4) is 0 Å². The van der Waals surface area contributed by atoms with E-state index in [1.807, 2.05) is 0 Å². The number of thioether (sulfide) groups is 1. The average Bonchev–Trinajstić information content (AvgIpc) is 2.82. The summed E-state index contributed by atoms with van der Waals surface area (Å²) in [5.41, 5.74) is -0.422. The second-order valence-electron chi connectivity index (χ2n) is 7.54. The van der Waals surface area contributed by atoms with Crippen molar-refractivity contribution in [2.75, 3.05) is 17.2 Å². The Bertz CT molecular complexity index is 1330. The molecule has 2 aromatic carbocycles. The maximum absolute atomic E-state index is 14.3. The van der Waals surface area contributed by atoms with E-state index in [-0.39, 0.29) is 40.0 Å². The van der Waals surface area contributed by atoms with Gasteiger partial charge in [-0.2, -0.15) is 13.2 Å². The molecular weight excluding hydrogens is 520 g/mol. The van der Waals surface area contributed by atoms with Gasteiger partial charge in [0.2, 0.25) is 10.0 Å². The molecule has 0 saturated heterocycles. The minimum absolute atomic E-state index is 0.00784. The van der Waals surface area contributed by atoms with Crippen LogP contribution in [0.2, 0.25) is 0 Å². The summed E-state index contributed by atoms with van der Waals surface area (Å²) in [5, 5.41) is -0.177. The van der Waals surface area contributed by atoms with Crippen molar-refractivity contribution in [3.05, 3.63) is 83.3 Å². The largest absolute Gasteiger partial charge is 0.494 e. The van der Waals surface area contributed by atoms with Crippen LogP contribution in [0, 0.1) is 5.82 Å². The average molecular weight is 543 g/mol. The molecular formula is C24H22F4N2O4S2. The van der Waals surface area contributed by atoms with Crippen LogP contribution in [0.1, 0.15) is 34.8 Å². The fraction of sp³-hybridized carbons (Fsp3) is 0.250. The van der Waals surface area contributed by atoms with Crippen LogP contribution in [-0.2, 0) is 22.0 Å². The Morgan fingerprint density at radius 1 is 1.11 bits per heavy atom. The Labute approximate surface area is 210 Å². The minimum Gasteiger partial charge on any atom is -0.494 e. The summed E-state index contributed by atoms with van der Waals surface area (Å²) in [6.07, 6.45) is -3.04. The van der Waals surface area contributed by atoms with Crippen molar-refractivity contribution in [2.24, 2.45) is 0 Å². The normalized spacial score (nSPS) is 11.8. The van der Waals surface area contributed by atoms with Crippen molar-refractivity contribution in [1.29, 1.82) is 0 Å². The van der Waals surface area contributed by atoms with Crippen molar-refractivity contribution in [2.45, 2.75) is 30.3 Å². The summed E-state index contributed by atoms with van der Waals surface area (Å²) in [6.45, 7) is 1.63. The first-order chi connectivity index (χ1) is 17.0. The van der Waals surface area contributed by atoms with Crippen LogP contribution in [0.5, 0.6) is 5.75 Å². The standard InChI is InChI=1S/C24H22F4N2O4S2/c1-3-13-36(32,33)30(18-10-11-21(34-2)20(25)14-18)23(31)17-8-6-16(7-9-17)15-35-22-19(24(26,27)28)5-4-12-29-22/h4-12,14H,3,13,15H2,1-2H3. The number of hydrogen-bond acceptors (Lipinski definition) is 6. The fourth-order valence-electron chi connectivity index (χ4n) is 3.27. The molecule has 6 nitrogen and oxygen atoms in total. The number of amides is 1. The monoisotopic (exact) mass is 542 g/mol. The van der Waals surface area contributed by atoms with E-state index in [0.29, 0.717) is 9.87 Å². The van der Waals surface area contributed by atoms with E-state index in [1.165, 1.54) is 55.8 Å². The first-order valence-electron chi connectivity index (χ1n) is 10.6. The smallest absolute Gasteiger partial charge is 0.419 e. The highest BCUT2D eigenvalue weighted by molar-refractivity contribution is 7.98. The van der Waals surface area contributed by atoms with E-state index >= 15 is 0 Å². The molecule has 36 heavy (non-hydrogen) atoms. The fourth-order valence-corrected chi connectivity index (χ4v) is 5.73. The van der Waals surface area contributed by atoms with E-state index in [4.69, 9.17) is 4.74 Å². The second kappa shape index (κ2) is 11.3. The van der Waals surface area contributed by atoms with Crippen molar-refractivity contribution >= 4 is 33.4 Å². The highest BCUT2D eigenvalue weighted by atomic mass is 32.2. The number of rotatable bonds is 9. The lowest BCUT2D eigenvalue weighted by Gasteiger charge is -2.23. The van der Waals surface area contributed by atoms with Crippen LogP contribution in [-0.4, -0.2) is 32.2 Å². The number of anilines is 1. The molecule has 1 amide bonds. The molecule has 3 rings (SSSR count). The van der Waals surface area contributed by atoms with Gasteiger partial charge >= 0.3 is 6.18 Å². The van der Waals surface area contributed by atoms with E-state index < -0.39 is 33.5 Å². The van der Waals surface area contributed by atoms with Gasteiger partial charge in [-0.1, -0.05) is 19.1 Å². The zero-order valence-corrected chi connectivity index (χ0v) is 20.9. The molecule has 0 aliphatic heterocycles. The predicted octanol–water partition coefficient (Wildman–Crippen LogP) is 5.93. The van der Waals surface area contributed by atoms with Crippen molar-refractivity contribution < 1.29 is 35.5 Å². The number of nitrogens with zero attached hydrogens (tertiary/aromatic N) is 2. The van der Waals surface area contributed by atoms with Gasteiger partial charge in [-0.25, -0.2) is 22.1 Å². The van der Waals surface area contributed by atoms with E-state index in [9.17, 15) is 30.8 Å². The Balaban J connectivity index is 1.86. The number of halogens is 4. The van der Waals surface area contributed by atoms with E-state index in [2.05, 4.69) is 4.98 Å². The molecule has 0 atom stereocenters. The summed E-state index contributed by atoms with van der Waals surface area (Å²) >= 11 is 0.884. The summed E-state index contributed by atoms with van der Waals surface area (Å²) in [7, 11) is -2.87. The molecule has 12 heteroatoms. The highest BCUT2D eigenvalue weighted by Crippen LogP contribution is 2.36. The molecule has 192 valence electrons. The van der Waals surface area contributed by atoms with Gasteiger partial charge in [0.1, 0.15) is 5.03 Å². The number of alkyl halides is 3. The van der Waals surface area contributed by atoms with Gasteiger partial charge in [0, 0.05) is 23.6 Å². The zero-order valence-electron chi connectivity index (χ0n) is 19.3. The molecule has 3 aromatic rings. The number of hydrogen-bond donors (Lipinski definition) is 0. The number of benzene rings is 2. The van der Waals surface area contributed by atoms with Gasteiger partial charge in [0.15, 0.2) is 11.6 Å². The Hall–Kier alpha value is -3.12. The molecule has 0 unspecified atom stereocenters. The number of carbonyl (C=O) groups excluding carboxylic acids is 1. The van der Waals surface area contributed by atoms with Crippen molar-refractivity contribution in [3.8, 4) is 5.75 Å². The number of carbonyl (C=O) groups is 1. The summed E-state index contributed by atoms with van der Waals surface area (Å²) in [5.74, 6) is -2.04. The molecule has 0 aliphatic carbocycles. The molecule has 0 fully saturated rings. The van der Waals surface area contributed by atoms with Crippen LogP contribution in [0.15, 0.2) is 65.8 Å². The topological polar surface area (TPSA) is 76.6 Å². The van der Waals surface area contributed by atoms with Gasteiger partial charge in [-0.15, -0.1) is 11.8 Å². The number of aromatic nitrogens is 1. The summed E-state index contributed by atoms with van der Waals surface area (Å²) in [4.78, 5) is 17.0. The first-order valence-corrected chi connectivity index (χ1v) is 13.2. The number of ether oxygens (including phenoxy) is 1. The van der Waals surface area contributed by atoms with Gasteiger partial charge in [0.05, 0.1) is 24.1 Å². The lowest BCUT2D eigenvalue weighted by atomic mass is 10.1. The molecule has 0 saturated carbocycles. The van der Waals surface area contributed by atoms with Crippen LogP contribution in [0.25, 0.3) is 0 Å². The molecule has 0 radical (unpaired) electrons. The molecule has 1 heterocycles. The Morgan fingerprint density at radius 2 is 1.81 bits per heavy atom. The van der Waals surface area contributed by atoms with Crippen LogP contribution in [0.4, 0.5) is 23.2 Å². The van der Waals surface area contributed by atoms with Gasteiger partial charge in [-0.3, -0.25) is 4.79 Å². The first kappa shape index (κ1) is 27.5. The van der Waals surface area contributed by atoms with Crippen LogP contribution >= 0.6 is 11.8 Å². The van der Waals surface area contributed by atoms with Gasteiger partial charge in [-0.05, 0) is 48.4 Å². The van der Waals surface area contributed by atoms with Gasteiger partial charge in [0.25, 0.3) is 5.91 Å². The lowest BCUT2D eigenvalue weighted by Crippen LogP contribution is -2.38. The zero-order chi connectivity index (χ0) is 26.5. The van der Waals surface area contributed by atoms with Crippen LogP contribution < -0.4 is 9.04 Å². The quantitative estimate of drug-likeness (QED) is 0.247. The molecule has 0 N–H and O–H groups in total. The summed E-state index contributed by atoms with van der Waals surface area (Å²) in [6, 6.07) is 11.3.